The molecule has 0 N–H and O–H groups in total. The van der Waals surface area contributed by atoms with Crippen molar-refractivity contribution in [2.24, 2.45) is 0 Å². The van der Waals surface area contributed by atoms with E-state index in [2.05, 4.69) is 15.9 Å². The van der Waals surface area contributed by atoms with Crippen LogP contribution in [0.15, 0.2) is 9.14 Å². The molecular formula is C10H14BrF5S5. The highest BCUT2D eigenvalue weighted by Crippen LogP contribution is 2.56. The van der Waals surface area contributed by atoms with Gasteiger partial charge in [-0.2, -0.15) is 19.4 Å². The molecule has 0 heterocycles. The number of hydrogen-bond donors (Lipinski definition) is 0. The molecule has 0 amide bonds. The fourth-order valence-electron chi connectivity index (χ4n) is 1.58. The summed E-state index contributed by atoms with van der Waals surface area (Å²) in [6.45, 7) is 0. The monoisotopic (exact) mass is 468 g/mol. The Bertz CT molecular complexity index is 298. The van der Waals surface area contributed by atoms with Crippen molar-refractivity contribution in [3.63, 3.8) is 0 Å². The van der Waals surface area contributed by atoms with E-state index >= 15 is 0 Å². The Labute approximate surface area is 152 Å². The van der Waals surface area contributed by atoms with Crippen LogP contribution in [0.2, 0.25) is 0 Å². The second kappa shape index (κ2) is 14.0. The van der Waals surface area contributed by atoms with Crippen molar-refractivity contribution in [3.05, 3.63) is 9.14 Å². The Balaban J connectivity index is 4.78. The number of rotatable bonds is 13. The van der Waals surface area contributed by atoms with Crippen molar-refractivity contribution < 1.29 is 19.4 Å². The third-order valence-electron chi connectivity index (χ3n) is 2.64. The van der Waals surface area contributed by atoms with Gasteiger partial charge in [-0.15, -0.1) is 0 Å². The molecule has 0 fully saturated rings. The molecule has 126 valence electrons. The first-order chi connectivity index (χ1) is 10.2. The van der Waals surface area contributed by atoms with Crippen molar-refractivity contribution in [1.29, 1.82) is 0 Å². The Kier molecular flexibility index (Phi) is 15.1. The smallest absolute Gasteiger partial charge is 0.159 e. The zero-order valence-electron chi connectivity index (χ0n) is 10.8. The van der Waals surface area contributed by atoms with E-state index in [0.29, 0.717) is 6.42 Å². The summed E-state index contributed by atoms with van der Waals surface area (Å²) in [5, 5.41) is 0.897. The molecule has 0 aliphatic rings. The summed E-state index contributed by atoms with van der Waals surface area (Å²) in [5.41, 5.74) is 0. The highest BCUT2D eigenvalue weighted by Gasteiger charge is 2.42. The molecule has 0 rings (SSSR count). The number of halogens is 6. The maximum Gasteiger partial charge on any atom is 0.159 e. The van der Waals surface area contributed by atoms with Gasteiger partial charge in [0.1, 0.15) is 4.24 Å². The molecular weight excluding hydrogens is 455 g/mol. The van der Waals surface area contributed by atoms with E-state index < -0.39 is 74.0 Å². The quantitative estimate of drug-likeness (QED) is 0.114. The summed E-state index contributed by atoms with van der Waals surface area (Å²) in [4.78, 5) is -0.594. The first kappa shape index (κ1) is 22.6. The van der Waals surface area contributed by atoms with Crippen LogP contribution < -0.4 is 0 Å². The molecule has 0 aliphatic heterocycles. The van der Waals surface area contributed by atoms with Crippen molar-refractivity contribution in [2.45, 2.75) is 42.6 Å². The van der Waals surface area contributed by atoms with Crippen molar-refractivity contribution in [1.82, 2.24) is 0 Å². The van der Waals surface area contributed by atoms with Crippen molar-refractivity contribution in [2.75, 3.05) is 5.33 Å². The fourth-order valence-corrected chi connectivity index (χ4v) is 4.74. The maximum atomic E-state index is 13.2. The van der Waals surface area contributed by atoms with Gasteiger partial charge in [0.25, 0.3) is 0 Å². The Morgan fingerprint density at radius 3 is 1.71 bits per heavy atom. The van der Waals surface area contributed by atoms with Crippen molar-refractivity contribution >= 4 is 76.7 Å². The van der Waals surface area contributed by atoms with Crippen LogP contribution in [0.25, 0.3) is 0 Å². The van der Waals surface area contributed by atoms with Gasteiger partial charge in [-0.05, 0) is 12.8 Å². The molecule has 0 saturated heterocycles. The average molecular weight is 469 g/mol. The van der Waals surface area contributed by atoms with Crippen LogP contribution in [0, 0.1) is 0 Å². The summed E-state index contributed by atoms with van der Waals surface area (Å²) in [6, 6.07) is 0. The highest BCUT2D eigenvalue weighted by molar-refractivity contribution is 9.09. The van der Waals surface area contributed by atoms with Crippen LogP contribution in [-0.4, -0.2) is 9.41 Å². The van der Waals surface area contributed by atoms with Crippen LogP contribution >= 0.6 is 76.7 Å². The largest absolute Gasteiger partial charge is 0.163 e. The summed E-state index contributed by atoms with van der Waals surface area (Å²) < 4.78 is 61.8. The standard InChI is InChI=1S/C10H14BrF5S5/c11-7-5-3-1-2-4-6-10(20-15,21-16)8(17-12)9(18-13)19-14/h1-7H2. The summed E-state index contributed by atoms with van der Waals surface area (Å²) in [5.74, 6) is 0. The van der Waals surface area contributed by atoms with Crippen LogP contribution in [0.3, 0.4) is 0 Å². The van der Waals surface area contributed by atoms with Gasteiger partial charge in [0, 0.05) is 5.33 Å². The molecule has 0 unspecified atom stereocenters. The second-order valence-electron chi connectivity index (χ2n) is 3.96. The van der Waals surface area contributed by atoms with E-state index in [4.69, 9.17) is 0 Å². The number of alkyl halides is 1. The van der Waals surface area contributed by atoms with Gasteiger partial charge >= 0.3 is 0 Å². The minimum atomic E-state index is -1.94. The van der Waals surface area contributed by atoms with Gasteiger partial charge in [-0.3, -0.25) is 0 Å². The van der Waals surface area contributed by atoms with E-state index in [1.54, 1.807) is 0 Å². The predicted octanol–water partition coefficient (Wildman–Crippen LogP) is 8.68. The fraction of sp³-hybridized carbons (Fsp3) is 0.800. The molecule has 0 radical (unpaired) electrons. The topological polar surface area (TPSA) is 0 Å². The van der Waals surface area contributed by atoms with Crippen LogP contribution in [0.5, 0.6) is 0 Å². The second-order valence-corrected chi connectivity index (χ2v) is 8.66. The lowest BCUT2D eigenvalue weighted by atomic mass is 10.1. The maximum absolute atomic E-state index is 13.2. The normalized spacial score (nSPS) is 11.7. The van der Waals surface area contributed by atoms with E-state index in [1.807, 2.05) is 0 Å². The molecule has 0 saturated carbocycles. The third kappa shape index (κ3) is 7.82. The van der Waals surface area contributed by atoms with E-state index in [1.165, 1.54) is 0 Å². The van der Waals surface area contributed by atoms with Gasteiger partial charge in [0.15, 0.2) is 4.08 Å². The van der Waals surface area contributed by atoms with Crippen LogP contribution in [0.4, 0.5) is 19.4 Å². The minimum Gasteiger partial charge on any atom is -0.163 e. The molecule has 21 heavy (non-hydrogen) atoms. The molecule has 11 heteroatoms. The van der Waals surface area contributed by atoms with Crippen molar-refractivity contribution in [3.8, 4) is 0 Å². The average Bonchev–Trinajstić information content (AvgIpc) is 2.53. The molecule has 0 aliphatic carbocycles. The summed E-state index contributed by atoms with van der Waals surface area (Å²) >= 11 is 0.849. The van der Waals surface area contributed by atoms with Gasteiger partial charge in [-0.1, -0.05) is 41.6 Å². The van der Waals surface area contributed by atoms with Gasteiger partial charge in [-0.25, -0.2) is 0 Å². The molecule has 0 aromatic heterocycles. The summed E-state index contributed by atoms with van der Waals surface area (Å²) in [7, 11) is 0. The van der Waals surface area contributed by atoms with E-state index in [9.17, 15) is 19.4 Å². The Morgan fingerprint density at radius 2 is 1.29 bits per heavy atom. The molecule has 0 atom stereocenters. The van der Waals surface area contributed by atoms with Gasteiger partial charge in [0.2, 0.25) is 0 Å². The van der Waals surface area contributed by atoms with Gasteiger partial charge < -0.3 is 0 Å². The first-order valence-electron chi connectivity index (χ1n) is 5.91. The summed E-state index contributed by atoms with van der Waals surface area (Å²) in [6.07, 6.45) is 4.01. The molecule has 0 aromatic carbocycles. The number of hydrogen-bond acceptors (Lipinski definition) is 5. The van der Waals surface area contributed by atoms with Crippen LogP contribution in [-0.2, 0) is 0 Å². The lowest BCUT2D eigenvalue weighted by Crippen LogP contribution is -2.20. The third-order valence-corrected chi connectivity index (χ3v) is 7.18. The number of unbranched alkanes of at least 4 members (excludes halogenated alkanes) is 4. The highest BCUT2D eigenvalue weighted by atomic mass is 79.9. The molecule has 0 spiro atoms. The minimum absolute atomic E-state index is 0.0412. The molecule has 0 bridgehead atoms. The first-order valence-corrected chi connectivity index (χ1v) is 10.6. The zero-order chi connectivity index (χ0) is 16.1. The van der Waals surface area contributed by atoms with E-state index in [-0.39, 0.29) is 6.42 Å². The predicted molar refractivity (Wildman–Crippen MR) is 94.7 cm³/mol. The van der Waals surface area contributed by atoms with Gasteiger partial charge in [0.05, 0.1) is 65.6 Å². The molecule has 0 aromatic rings. The Morgan fingerprint density at radius 1 is 0.762 bits per heavy atom. The van der Waals surface area contributed by atoms with Crippen LogP contribution in [0.1, 0.15) is 38.5 Å². The Hall–Kier alpha value is 1.62. The SMILES string of the molecule is FSC(SF)=C(SF)C(CCCCCCCBr)(SF)SF. The van der Waals surface area contributed by atoms with E-state index in [0.717, 1.165) is 31.0 Å². The molecule has 0 nitrogen and oxygen atoms in total. The zero-order valence-corrected chi connectivity index (χ0v) is 16.4. The lowest BCUT2D eigenvalue weighted by molar-refractivity contribution is 0.601. The lowest BCUT2D eigenvalue weighted by Gasteiger charge is -2.25.